The van der Waals surface area contributed by atoms with Crippen molar-refractivity contribution >= 4 is 56.6 Å². The van der Waals surface area contributed by atoms with Crippen LogP contribution < -0.4 is 9.62 Å². The standard InChI is InChI=1S/C24H26ClF2N7OS2/c25-18-17-16(33-7-5-22(6-8-33)12-35-13-22)15(27)14(37-32-24(10-26)3-4-24)9-34(17)20(31-18)19(29)36-21(30)23(11-28)1-2-23/h9,29-30,32H,1-8,10,12-13H2. The fourth-order valence-electron chi connectivity index (χ4n) is 4.88. The number of halogens is 3. The van der Waals surface area contributed by atoms with Gasteiger partial charge in [0.05, 0.1) is 34.8 Å². The summed E-state index contributed by atoms with van der Waals surface area (Å²) in [6, 6.07) is 2.18. The number of fused-ring (bicyclic) bond motifs is 1. The summed E-state index contributed by atoms with van der Waals surface area (Å²) in [6.45, 7) is 2.19. The highest BCUT2D eigenvalue weighted by molar-refractivity contribution is 8.26. The van der Waals surface area contributed by atoms with E-state index < -0.39 is 23.4 Å². The molecule has 196 valence electrons. The van der Waals surface area contributed by atoms with Gasteiger partial charge in [-0.1, -0.05) is 23.4 Å². The molecular formula is C24H26ClF2N7OS2. The van der Waals surface area contributed by atoms with Crippen LogP contribution in [0.15, 0.2) is 11.1 Å². The van der Waals surface area contributed by atoms with E-state index in [1.54, 1.807) is 4.40 Å². The number of piperidine rings is 1. The molecule has 0 unspecified atom stereocenters. The van der Waals surface area contributed by atoms with Gasteiger partial charge in [0.2, 0.25) is 0 Å². The largest absolute Gasteiger partial charge is 0.380 e. The third-order valence-electron chi connectivity index (χ3n) is 8.01. The van der Waals surface area contributed by atoms with Crippen LogP contribution in [0.3, 0.4) is 0 Å². The molecule has 0 aromatic carbocycles. The maximum Gasteiger partial charge on any atom is 0.171 e. The van der Waals surface area contributed by atoms with Crippen molar-refractivity contribution < 1.29 is 13.5 Å². The van der Waals surface area contributed by atoms with Crippen LogP contribution in [-0.2, 0) is 4.74 Å². The molecular weight excluding hydrogens is 540 g/mol. The maximum absolute atomic E-state index is 16.1. The van der Waals surface area contributed by atoms with Crippen LogP contribution in [0.4, 0.5) is 14.5 Å². The SMILES string of the molecule is N#CC1(C(=N)SC(=N)c2nc(Cl)c3c(N4CCC5(CC4)COC5)c(F)c(SNC4(CF)CC4)cn23)CC1. The van der Waals surface area contributed by atoms with E-state index in [1.807, 2.05) is 4.90 Å². The molecule has 4 heterocycles. The normalized spacial score (nSPS) is 22.5. The summed E-state index contributed by atoms with van der Waals surface area (Å²) >= 11 is 8.51. The van der Waals surface area contributed by atoms with Crippen LogP contribution in [-0.4, -0.2) is 58.0 Å². The van der Waals surface area contributed by atoms with Gasteiger partial charge in [-0.25, -0.2) is 13.8 Å². The molecule has 0 amide bonds. The Hall–Kier alpha value is -1.91. The lowest BCUT2D eigenvalue weighted by molar-refractivity contribution is -0.124. The van der Waals surface area contributed by atoms with Crippen molar-refractivity contribution in [3.63, 3.8) is 0 Å². The molecule has 4 fully saturated rings. The maximum atomic E-state index is 16.1. The molecule has 0 radical (unpaired) electrons. The molecule has 2 saturated carbocycles. The number of nitrogens with one attached hydrogen (secondary N) is 3. The van der Waals surface area contributed by atoms with Crippen LogP contribution in [0.2, 0.25) is 5.15 Å². The monoisotopic (exact) mass is 565 g/mol. The molecule has 2 aromatic rings. The first-order valence-corrected chi connectivity index (χ1v) is 14.3. The first-order valence-electron chi connectivity index (χ1n) is 12.2. The van der Waals surface area contributed by atoms with E-state index in [0.717, 1.165) is 49.8 Å². The lowest BCUT2D eigenvalue weighted by atomic mass is 9.77. The molecule has 1 spiro atoms. The molecule has 3 N–H and O–H groups in total. The zero-order valence-corrected chi connectivity index (χ0v) is 22.4. The van der Waals surface area contributed by atoms with Crippen LogP contribution in [0, 0.1) is 38.8 Å². The van der Waals surface area contributed by atoms with E-state index in [0.29, 0.717) is 50.0 Å². The van der Waals surface area contributed by atoms with Gasteiger partial charge in [-0.3, -0.25) is 19.9 Å². The van der Waals surface area contributed by atoms with E-state index in [4.69, 9.17) is 27.2 Å². The predicted molar refractivity (Wildman–Crippen MR) is 141 cm³/mol. The molecule has 37 heavy (non-hydrogen) atoms. The highest BCUT2D eigenvalue weighted by Gasteiger charge is 2.48. The van der Waals surface area contributed by atoms with Crippen molar-refractivity contribution in [2.75, 3.05) is 37.9 Å². The Morgan fingerprint density at radius 2 is 1.92 bits per heavy atom. The summed E-state index contributed by atoms with van der Waals surface area (Å²) in [4.78, 5) is 6.64. The number of imidazole rings is 1. The van der Waals surface area contributed by atoms with Crippen molar-refractivity contribution in [1.29, 1.82) is 16.1 Å². The number of hydrogen-bond acceptors (Lipinski definition) is 9. The summed E-state index contributed by atoms with van der Waals surface area (Å²) in [5.74, 6) is -0.277. The van der Waals surface area contributed by atoms with E-state index in [9.17, 15) is 9.65 Å². The third kappa shape index (κ3) is 4.33. The van der Waals surface area contributed by atoms with Gasteiger partial charge in [0.15, 0.2) is 16.8 Å². The van der Waals surface area contributed by atoms with Crippen molar-refractivity contribution in [1.82, 2.24) is 14.1 Å². The first-order chi connectivity index (χ1) is 17.7. The molecule has 4 aliphatic rings. The molecule has 0 atom stereocenters. The average molecular weight is 566 g/mol. The number of nitrogens with zero attached hydrogens (tertiary/aromatic N) is 4. The highest BCUT2D eigenvalue weighted by atomic mass is 35.5. The highest BCUT2D eigenvalue weighted by Crippen LogP contribution is 2.49. The molecule has 6 rings (SSSR count). The average Bonchev–Trinajstić information content (AvgIpc) is 3.80. The fourth-order valence-corrected chi connectivity index (χ4v) is 6.95. The number of thioether (sulfide) groups is 1. The molecule has 2 aromatic heterocycles. The Kier molecular flexibility index (Phi) is 6.23. The Labute approximate surface area is 226 Å². The Morgan fingerprint density at radius 1 is 1.22 bits per heavy atom. The lowest BCUT2D eigenvalue weighted by Crippen LogP contribution is -2.51. The van der Waals surface area contributed by atoms with E-state index in [-0.39, 0.29) is 31.4 Å². The quantitative estimate of drug-likeness (QED) is 0.241. The molecule has 2 saturated heterocycles. The van der Waals surface area contributed by atoms with E-state index >= 15 is 4.39 Å². The lowest BCUT2D eigenvalue weighted by Gasteiger charge is -2.48. The second-order valence-electron chi connectivity index (χ2n) is 10.7. The number of hydrogen-bond donors (Lipinski definition) is 3. The summed E-state index contributed by atoms with van der Waals surface area (Å²) < 4.78 is 39.8. The Morgan fingerprint density at radius 3 is 2.46 bits per heavy atom. The summed E-state index contributed by atoms with van der Waals surface area (Å²) in [5.41, 5.74) is -0.610. The number of aromatic nitrogens is 2. The summed E-state index contributed by atoms with van der Waals surface area (Å²) in [5, 5.41) is 26.6. The Balaban J connectivity index is 1.38. The fraction of sp³-hybridized carbons (Fsp3) is 0.583. The van der Waals surface area contributed by atoms with Crippen molar-refractivity contribution in [3.05, 3.63) is 23.0 Å². The number of nitriles is 1. The van der Waals surface area contributed by atoms with E-state index in [2.05, 4.69) is 15.8 Å². The molecule has 2 aliphatic heterocycles. The van der Waals surface area contributed by atoms with Crippen molar-refractivity contribution in [2.24, 2.45) is 10.8 Å². The molecule has 13 heteroatoms. The van der Waals surface area contributed by atoms with Gasteiger partial charge in [-0.05, 0) is 50.5 Å². The predicted octanol–water partition coefficient (Wildman–Crippen LogP) is 5.18. The zero-order valence-electron chi connectivity index (χ0n) is 20.0. The molecule has 2 aliphatic carbocycles. The van der Waals surface area contributed by atoms with Crippen LogP contribution in [0.5, 0.6) is 0 Å². The number of alkyl halides is 1. The first kappa shape index (κ1) is 25.4. The number of pyridine rings is 1. The zero-order chi connectivity index (χ0) is 26.0. The topological polar surface area (TPSA) is 113 Å². The second-order valence-corrected chi connectivity index (χ2v) is 12.9. The van der Waals surface area contributed by atoms with Crippen molar-refractivity contribution in [2.45, 2.75) is 49.0 Å². The van der Waals surface area contributed by atoms with Gasteiger partial charge in [-0.2, -0.15) is 5.26 Å². The number of ether oxygens (including phenoxy) is 1. The smallest absolute Gasteiger partial charge is 0.171 e. The second kappa shape index (κ2) is 9.09. The van der Waals surface area contributed by atoms with Gasteiger partial charge in [-0.15, -0.1) is 0 Å². The van der Waals surface area contributed by atoms with Gasteiger partial charge < -0.3 is 9.64 Å². The van der Waals surface area contributed by atoms with Gasteiger partial charge >= 0.3 is 0 Å². The van der Waals surface area contributed by atoms with Crippen LogP contribution in [0.1, 0.15) is 44.3 Å². The summed E-state index contributed by atoms with van der Waals surface area (Å²) in [6.07, 6.45) is 5.87. The van der Waals surface area contributed by atoms with Crippen LogP contribution >= 0.6 is 35.3 Å². The minimum absolute atomic E-state index is 0.0403. The van der Waals surface area contributed by atoms with E-state index in [1.165, 1.54) is 6.20 Å². The number of anilines is 1. The van der Waals surface area contributed by atoms with Gasteiger partial charge in [0.25, 0.3) is 0 Å². The van der Waals surface area contributed by atoms with Gasteiger partial charge in [0, 0.05) is 24.7 Å². The van der Waals surface area contributed by atoms with Crippen molar-refractivity contribution in [3.8, 4) is 6.07 Å². The van der Waals surface area contributed by atoms with Crippen LogP contribution in [0.25, 0.3) is 5.52 Å². The van der Waals surface area contributed by atoms with Gasteiger partial charge in [0.1, 0.15) is 28.3 Å². The summed E-state index contributed by atoms with van der Waals surface area (Å²) in [7, 11) is 0. The number of rotatable bonds is 7. The molecule has 8 nitrogen and oxygen atoms in total. The minimum Gasteiger partial charge on any atom is -0.380 e. The third-order valence-corrected chi connectivity index (χ3v) is 10.3. The Bertz CT molecular complexity index is 1340. The minimum atomic E-state index is -0.823. The molecule has 0 bridgehead atoms.